The molecule has 0 bridgehead atoms. The van der Waals surface area contributed by atoms with Crippen molar-refractivity contribution in [3.63, 3.8) is 0 Å². The van der Waals surface area contributed by atoms with Crippen LogP contribution in [0.1, 0.15) is 43.7 Å². The van der Waals surface area contributed by atoms with Gasteiger partial charge in [-0.2, -0.15) is 0 Å². The average molecular weight is 499 g/mol. The fourth-order valence-electron chi connectivity index (χ4n) is 4.47. The maximum Gasteiger partial charge on any atom is 0.194 e. The summed E-state index contributed by atoms with van der Waals surface area (Å²) in [6.45, 7) is 9.50. The van der Waals surface area contributed by atoms with Crippen molar-refractivity contribution in [3.05, 3.63) is 35.4 Å². The summed E-state index contributed by atoms with van der Waals surface area (Å²) in [6.07, 6.45) is 5.15. The van der Waals surface area contributed by atoms with Crippen LogP contribution in [0.15, 0.2) is 29.3 Å². The molecule has 1 aromatic carbocycles. The summed E-state index contributed by atoms with van der Waals surface area (Å²) < 4.78 is 11.9. The summed E-state index contributed by atoms with van der Waals surface area (Å²) in [5.41, 5.74) is 3.11. The predicted octanol–water partition coefficient (Wildman–Crippen LogP) is 3.49. The lowest BCUT2D eigenvalue weighted by atomic mass is 9.92. The SMILES string of the molecule is CCNC(=NCC1(c2ccccc2C)CC1)N1CCOC(C2CCCO2)C1.I. The standard InChI is InChI=1S/C22H33N3O2.HI/c1-3-23-21(25-12-14-27-20(15-25)19-9-6-13-26-19)24-16-22(10-11-22)18-8-5-4-7-17(18)2;/h4-5,7-8,19-20H,3,6,9-16H2,1-2H3,(H,23,24);1H. The maximum atomic E-state index is 6.01. The molecule has 1 N–H and O–H groups in total. The molecular weight excluding hydrogens is 465 g/mol. The van der Waals surface area contributed by atoms with Crippen LogP contribution in [0.4, 0.5) is 0 Å². The fourth-order valence-corrected chi connectivity index (χ4v) is 4.47. The zero-order valence-electron chi connectivity index (χ0n) is 17.2. The Morgan fingerprint density at radius 1 is 1.21 bits per heavy atom. The van der Waals surface area contributed by atoms with Crippen LogP contribution in [0, 0.1) is 6.92 Å². The first kappa shape index (κ1) is 21.8. The molecule has 1 aliphatic carbocycles. The minimum Gasteiger partial charge on any atom is -0.375 e. The number of aryl methyl sites for hydroxylation is 1. The van der Waals surface area contributed by atoms with Gasteiger partial charge in [0.1, 0.15) is 6.10 Å². The van der Waals surface area contributed by atoms with Crippen LogP contribution in [0.2, 0.25) is 0 Å². The summed E-state index contributed by atoms with van der Waals surface area (Å²) in [5, 5.41) is 3.51. The van der Waals surface area contributed by atoms with Crippen molar-refractivity contribution in [3.8, 4) is 0 Å². The molecule has 2 heterocycles. The molecule has 0 aromatic heterocycles. The monoisotopic (exact) mass is 499 g/mol. The molecule has 1 aromatic rings. The van der Waals surface area contributed by atoms with Crippen LogP contribution in [-0.2, 0) is 14.9 Å². The van der Waals surface area contributed by atoms with E-state index in [-0.39, 0.29) is 41.6 Å². The molecule has 2 saturated heterocycles. The number of halogens is 1. The van der Waals surface area contributed by atoms with E-state index in [2.05, 4.69) is 48.3 Å². The molecule has 0 spiro atoms. The molecule has 5 nitrogen and oxygen atoms in total. The average Bonchev–Trinajstić information content (AvgIpc) is 3.27. The smallest absolute Gasteiger partial charge is 0.194 e. The molecule has 28 heavy (non-hydrogen) atoms. The lowest BCUT2D eigenvalue weighted by Gasteiger charge is -2.37. The molecule has 2 aliphatic heterocycles. The second-order valence-corrected chi connectivity index (χ2v) is 8.17. The highest BCUT2D eigenvalue weighted by atomic mass is 127. The van der Waals surface area contributed by atoms with Gasteiger partial charge in [0, 0.05) is 31.7 Å². The quantitative estimate of drug-likeness (QED) is 0.383. The number of benzene rings is 1. The Kier molecular flexibility index (Phi) is 7.61. The van der Waals surface area contributed by atoms with Gasteiger partial charge < -0.3 is 19.7 Å². The highest BCUT2D eigenvalue weighted by Crippen LogP contribution is 2.49. The van der Waals surface area contributed by atoms with Crippen LogP contribution < -0.4 is 5.32 Å². The summed E-state index contributed by atoms with van der Waals surface area (Å²) in [6, 6.07) is 8.79. The van der Waals surface area contributed by atoms with Gasteiger partial charge in [0.15, 0.2) is 5.96 Å². The van der Waals surface area contributed by atoms with Gasteiger partial charge in [-0.05, 0) is 50.7 Å². The number of rotatable bonds is 5. The van der Waals surface area contributed by atoms with Gasteiger partial charge in [0.25, 0.3) is 0 Å². The van der Waals surface area contributed by atoms with Crippen LogP contribution in [0.3, 0.4) is 0 Å². The van der Waals surface area contributed by atoms with E-state index >= 15 is 0 Å². The highest BCUT2D eigenvalue weighted by Gasteiger charge is 2.45. The van der Waals surface area contributed by atoms with Crippen LogP contribution >= 0.6 is 24.0 Å². The molecule has 2 atom stereocenters. The Labute approximate surface area is 186 Å². The molecule has 156 valence electrons. The number of nitrogens with zero attached hydrogens (tertiary/aromatic N) is 2. The molecule has 4 rings (SSSR count). The number of aliphatic imine (C=N–C) groups is 1. The van der Waals surface area contributed by atoms with Crippen molar-refractivity contribution >= 4 is 29.9 Å². The number of hydrogen-bond acceptors (Lipinski definition) is 3. The third-order valence-corrected chi connectivity index (χ3v) is 6.21. The van der Waals surface area contributed by atoms with Crippen molar-refractivity contribution in [2.45, 2.75) is 57.2 Å². The number of hydrogen-bond donors (Lipinski definition) is 1. The molecule has 3 fully saturated rings. The third kappa shape index (κ3) is 4.82. The lowest BCUT2D eigenvalue weighted by molar-refractivity contribution is -0.0817. The largest absolute Gasteiger partial charge is 0.375 e. The van der Waals surface area contributed by atoms with E-state index in [1.165, 1.54) is 24.0 Å². The Morgan fingerprint density at radius 2 is 2.00 bits per heavy atom. The number of morpholine rings is 1. The second kappa shape index (κ2) is 9.76. The van der Waals surface area contributed by atoms with Crippen molar-refractivity contribution in [2.75, 3.05) is 39.4 Å². The molecular formula is C22H34IN3O2. The maximum absolute atomic E-state index is 6.01. The van der Waals surface area contributed by atoms with E-state index in [4.69, 9.17) is 14.5 Å². The number of ether oxygens (including phenoxy) is 2. The van der Waals surface area contributed by atoms with Gasteiger partial charge >= 0.3 is 0 Å². The molecule has 1 saturated carbocycles. The topological polar surface area (TPSA) is 46.1 Å². The van der Waals surface area contributed by atoms with Crippen molar-refractivity contribution in [1.82, 2.24) is 10.2 Å². The fraction of sp³-hybridized carbons (Fsp3) is 0.682. The van der Waals surface area contributed by atoms with Gasteiger partial charge in [-0.1, -0.05) is 24.3 Å². The van der Waals surface area contributed by atoms with Crippen LogP contribution in [0.25, 0.3) is 0 Å². The number of guanidine groups is 1. The highest BCUT2D eigenvalue weighted by molar-refractivity contribution is 14.0. The summed E-state index contributed by atoms with van der Waals surface area (Å²) in [7, 11) is 0. The Morgan fingerprint density at radius 3 is 2.68 bits per heavy atom. The van der Waals surface area contributed by atoms with Gasteiger partial charge in [-0.3, -0.25) is 4.99 Å². The normalized spacial score (nSPS) is 26.6. The molecule has 0 amide bonds. The minimum atomic E-state index is 0. The van der Waals surface area contributed by atoms with E-state index in [0.29, 0.717) is 0 Å². The molecule has 2 unspecified atom stereocenters. The Bertz CT molecular complexity index is 672. The van der Waals surface area contributed by atoms with E-state index < -0.39 is 0 Å². The molecule has 6 heteroatoms. The molecule has 0 radical (unpaired) electrons. The lowest BCUT2D eigenvalue weighted by Crippen LogP contribution is -2.53. The van der Waals surface area contributed by atoms with Crippen molar-refractivity contribution < 1.29 is 9.47 Å². The van der Waals surface area contributed by atoms with Gasteiger partial charge in [0.05, 0.1) is 19.3 Å². The van der Waals surface area contributed by atoms with Crippen LogP contribution in [-0.4, -0.2) is 62.5 Å². The summed E-state index contributed by atoms with van der Waals surface area (Å²) in [4.78, 5) is 7.45. The first-order chi connectivity index (χ1) is 13.2. The van der Waals surface area contributed by atoms with Gasteiger partial charge in [-0.15, -0.1) is 24.0 Å². The Hall–Kier alpha value is -0.860. The van der Waals surface area contributed by atoms with E-state index in [0.717, 1.165) is 58.2 Å². The van der Waals surface area contributed by atoms with Crippen LogP contribution in [0.5, 0.6) is 0 Å². The third-order valence-electron chi connectivity index (χ3n) is 6.21. The van der Waals surface area contributed by atoms with Gasteiger partial charge in [0.2, 0.25) is 0 Å². The van der Waals surface area contributed by atoms with Crippen molar-refractivity contribution in [2.24, 2.45) is 4.99 Å². The Balaban J connectivity index is 0.00000225. The van der Waals surface area contributed by atoms with Gasteiger partial charge in [-0.25, -0.2) is 0 Å². The number of nitrogens with one attached hydrogen (secondary N) is 1. The van der Waals surface area contributed by atoms with E-state index in [9.17, 15) is 0 Å². The minimum absolute atomic E-state index is 0. The zero-order chi connectivity index (χ0) is 18.7. The van der Waals surface area contributed by atoms with E-state index in [1.54, 1.807) is 0 Å². The second-order valence-electron chi connectivity index (χ2n) is 8.17. The predicted molar refractivity (Wildman–Crippen MR) is 124 cm³/mol. The first-order valence-corrected chi connectivity index (χ1v) is 10.5. The summed E-state index contributed by atoms with van der Waals surface area (Å²) in [5.74, 6) is 1.03. The zero-order valence-corrected chi connectivity index (χ0v) is 19.5. The first-order valence-electron chi connectivity index (χ1n) is 10.5. The van der Waals surface area contributed by atoms with Crippen molar-refractivity contribution in [1.29, 1.82) is 0 Å². The summed E-state index contributed by atoms with van der Waals surface area (Å²) >= 11 is 0. The van der Waals surface area contributed by atoms with E-state index in [1.807, 2.05) is 0 Å². The molecule has 3 aliphatic rings.